The van der Waals surface area contributed by atoms with Gasteiger partial charge in [-0.25, -0.2) is 4.79 Å². The SMILES string of the molecule is COC(=O)C1(NC(=O)[C@@H]2CS[C@@]3(C)CCC(=O)N23)CCCCC1. The largest absolute Gasteiger partial charge is 0.467 e. The molecule has 2 amide bonds. The summed E-state index contributed by atoms with van der Waals surface area (Å²) in [6.07, 6.45) is 5.35. The summed E-state index contributed by atoms with van der Waals surface area (Å²) in [6.45, 7) is 2.02. The number of amides is 2. The Morgan fingerprint density at radius 1 is 1.26 bits per heavy atom. The molecular formula is C16H24N2O4S. The van der Waals surface area contributed by atoms with Gasteiger partial charge in [-0.15, -0.1) is 11.8 Å². The predicted molar refractivity (Wildman–Crippen MR) is 86.7 cm³/mol. The van der Waals surface area contributed by atoms with Gasteiger partial charge in [0.15, 0.2) is 0 Å². The van der Waals surface area contributed by atoms with E-state index >= 15 is 0 Å². The van der Waals surface area contributed by atoms with Crippen molar-refractivity contribution in [2.75, 3.05) is 12.9 Å². The summed E-state index contributed by atoms with van der Waals surface area (Å²) >= 11 is 1.66. The average molecular weight is 340 g/mol. The minimum atomic E-state index is -0.920. The Labute approximate surface area is 140 Å². The highest BCUT2D eigenvalue weighted by molar-refractivity contribution is 8.01. The first-order chi connectivity index (χ1) is 10.9. The number of nitrogens with zero attached hydrogens (tertiary/aromatic N) is 1. The lowest BCUT2D eigenvalue weighted by Crippen LogP contribution is -2.61. The van der Waals surface area contributed by atoms with Crippen LogP contribution >= 0.6 is 11.8 Å². The smallest absolute Gasteiger partial charge is 0.331 e. The second kappa shape index (κ2) is 6.00. The molecule has 2 heterocycles. The lowest BCUT2D eigenvalue weighted by atomic mass is 9.81. The molecule has 1 aliphatic carbocycles. The van der Waals surface area contributed by atoms with E-state index < -0.39 is 11.6 Å². The number of esters is 1. The normalized spacial score (nSPS) is 32.5. The van der Waals surface area contributed by atoms with Gasteiger partial charge in [0.05, 0.1) is 12.0 Å². The van der Waals surface area contributed by atoms with Gasteiger partial charge in [0.2, 0.25) is 11.8 Å². The molecule has 0 spiro atoms. The van der Waals surface area contributed by atoms with Gasteiger partial charge in [0, 0.05) is 12.2 Å². The maximum atomic E-state index is 12.8. The summed E-state index contributed by atoms with van der Waals surface area (Å²) in [6, 6.07) is -0.483. The summed E-state index contributed by atoms with van der Waals surface area (Å²) in [7, 11) is 1.36. The van der Waals surface area contributed by atoms with Crippen molar-refractivity contribution in [3.63, 3.8) is 0 Å². The molecule has 2 atom stereocenters. The highest BCUT2D eigenvalue weighted by atomic mass is 32.2. The number of ether oxygens (including phenoxy) is 1. The lowest BCUT2D eigenvalue weighted by Gasteiger charge is -2.37. The van der Waals surface area contributed by atoms with Crippen LogP contribution in [0.2, 0.25) is 0 Å². The van der Waals surface area contributed by atoms with E-state index in [9.17, 15) is 14.4 Å². The van der Waals surface area contributed by atoms with Crippen LogP contribution in [0.1, 0.15) is 51.9 Å². The lowest BCUT2D eigenvalue weighted by molar-refractivity contribution is -0.153. The molecule has 128 valence electrons. The van der Waals surface area contributed by atoms with Crippen LogP contribution in [0.15, 0.2) is 0 Å². The second-order valence-corrected chi connectivity index (χ2v) is 8.39. The molecule has 0 radical (unpaired) electrons. The van der Waals surface area contributed by atoms with Gasteiger partial charge < -0.3 is 15.0 Å². The standard InChI is InChI=1S/C16H24N2O4S/c1-15-9-6-12(19)18(15)11(10-23-15)13(20)17-16(14(21)22-2)7-4-3-5-8-16/h11H,3-10H2,1-2H3,(H,17,20)/t11-,15-/m0/s1. The molecule has 0 aromatic rings. The fourth-order valence-electron chi connectivity index (χ4n) is 4.06. The zero-order chi connectivity index (χ0) is 16.7. The maximum absolute atomic E-state index is 12.8. The Kier molecular flexibility index (Phi) is 4.33. The van der Waals surface area contributed by atoms with E-state index in [1.54, 1.807) is 16.7 Å². The highest BCUT2D eigenvalue weighted by Gasteiger charge is 2.54. The van der Waals surface area contributed by atoms with Crippen LogP contribution in [-0.4, -0.2) is 52.0 Å². The monoisotopic (exact) mass is 340 g/mol. The third-order valence-corrected chi connectivity index (χ3v) is 6.90. The number of fused-ring (bicyclic) bond motifs is 1. The van der Waals surface area contributed by atoms with E-state index in [1.165, 1.54) is 7.11 Å². The molecule has 3 rings (SSSR count). The molecule has 2 aliphatic heterocycles. The number of carbonyl (C=O) groups excluding carboxylic acids is 3. The molecule has 0 aromatic carbocycles. The topological polar surface area (TPSA) is 75.7 Å². The zero-order valence-corrected chi connectivity index (χ0v) is 14.5. The van der Waals surface area contributed by atoms with Crippen molar-refractivity contribution < 1.29 is 19.1 Å². The number of rotatable bonds is 3. The molecule has 0 unspecified atom stereocenters. The van der Waals surface area contributed by atoms with Crippen LogP contribution in [0, 0.1) is 0 Å². The van der Waals surface area contributed by atoms with Crippen molar-refractivity contribution in [1.82, 2.24) is 10.2 Å². The first-order valence-electron chi connectivity index (χ1n) is 8.28. The van der Waals surface area contributed by atoms with Crippen LogP contribution in [0.5, 0.6) is 0 Å². The molecule has 3 fully saturated rings. The van der Waals surface area contributed by atoms with Crippen molar-refractivity contribution in [3.8, 4) is 0 Å². The number of methoxy groups -OCH3 is 1. The fraction of sp³-hybridized carbons (Fsp3) is 0.812. The van der Waals surface area contributed by atoms with E-state index in [-0.39, 0.29) is 22.7 Å². The highest BCUT2D eigenvalue weighted by Crippen LogP contribution is 2.47. The Balaban J connectivity index is 1.77. The van der Waals surface area contributed by atoms with E-state index in [1.807, 2.05) is 6.92 Å². The van der Waals surface area contributed by atoms with Crippen molar-refractivity contribution in [3.05, 3.63) is 0 Å². The summed E-state index contributed by atoms with van der Waals surface area (Å²) in [4.78, 5) is 38.7. The van der Waals surface area contributed by atoms with E-state index in [0.29, 0.717) is 25.0 Å². The first-order valence-corrected chi connectivity index (χ1v) is 9.27. The third kappa shape index (κ3) is 2.73. The van der Waals surface area contributed by atoms with Gasteiger partial charge >= 0.3 is 5.97 Å². The second-order valence-electron chi connectivity index (χ2n) is 6.89. The van der Waals surface area contributed by atoms with Crippen LogP contribution in [0.25, 0.3) is 0 Å². The molecule has 1 N–H and O–H groups in total. The molecule has 7 heteroatoms. The quantitative estimate of drug-likeness (QED) is 0.787. The molecule has 3 aliphatic rings. The Morgan fingerprint density at radius 3 is 2.61 bits per heavy atom. The molecule has 2 saturated heterocycles. The number of nitrogens with one attached hydrogen (secondary N) is 1. The van der Waals surface area contributed by atoms with Crippen LogP contribution < -0.4 is 5.32 Å². The summed E-state index contributed by atoms with van der Waals surface area (Å²) < 4.78 is 4.94. The van der Waals surface area contributed by atoms with Gasteiger partial charge in [-0.1, -0.05) is 19.3 Å². The molecule has 1 saturated carbocycles. The first kappa shape index (κ1) is 16.6. The molecule has 6 nitrogen and oxygen atoms in total. The summed E-state index contributed by atoms with van der Waals surface area (Å²) in [5.41, 5.74) is -0.920. The van der Waals surface area contributed by atoms with Crippen molar-refractivity contribution in [2.45, 2.75) is 68.3 Å². The third-order valence-electron chi connectivity index (χ3n) is 5.39. The van der Waals surface area contributed by atoms with Crippen molar-refractivity contribution in [2.24, 2.45) is 0 Å². The Morgan fingerprint density at radius 2 is 1.96 bits per heavy atom. The maximum Gasteiger partial charge on any atom is 0.331 e. The molecular weight excluding hydrogens is 316 g/mol. The van der Waals surface area contributed by atoms with Crippen molar-refractivity contribution >= 4 is 29.5 Å². The van der Waals surface area contributed by atoms with Crippen LogP contribution in [-0.2, 0) is 19.1 Å². The van der Waals surface area contributed by atoms with E-state index in [0.717, 1.165) is 25.7 Å². The van der Waals surface area contributed by atoms with Crippen LogP contribution in [0.3, 0.4) is 0 Å². The van der Waals surface area contributed by atoms with Gasteiger partial charge in [-0.3, -0.25) is 9.59 Å². The minimum absolute atomic E-state index is 0.0356. The van der Waals surface area contributed by atoms with E-state index in [4.69, 9.17) is 4.74 Å². The number of hydrogen-bond donors (Lipinski definition) is 1. The number of carbonyl (C=O) groups is 3. The van der Waals surface area contributed by atoms with Gasteiger partial charge in [0.1, 0.15) is 11.6 Å². The van der Waals surface area contributed by atoms with Crippen LogP contribution in [0.4, 0.5) is 0 Å². The summed E-state index contributed by atoms with van der Waals surface area (Å²) in [5, 5.41) is 2.95. The fourth-order valence-corrected chi connectivity index (χ4v) is 5.50. The van der Waals surface area contributed by atoms with Gasteiger partial charge in [-0.05, 0) is 26.2 Å². The number of thioether (sulfide) groups is 1. The molecule has 0 bridgehead atoms. The van der Waals surface area contributed by atoms with Crippen molar-refractivity contribution in [1.29, 1.82) is 0 Å². The Bertz CT molecular complexity index is 532. The Hall–Kier alpha value is -1.24. The number of hydrogen-bond acceptors (Lipinski definition) is 5. The minimum Gasteiger partial charge on any atom is -0.467 e. The summed E-state index contributed by atoms with van der Waals surface area (Å²) in [5.74, 6) is 0.0367. The average Bonchev–Trinajstić information content (AvgIpc) is 3.04. The van der Waals surface area contributed by atoms with Gasteiger partial charge in [-0.2, -0.15) is 0 Å². The van der Waals surface area contributed by atoms with E-state index in [2.05, 4.69) is 5.32 Å². The predicted octanol–water partition coefficient (Wildman–Crippen LogP) is 1.43. The molecule has 23 heavy (non-hydrogen) atoms. The zero-order valence-electron chi connectivity index (χ0n) is 13.7. The van der Waals surface area contributed by atoms with Gasteiger partial charge in [0.25, 0.3) is 0 Å². The molecule has 0 aromatic heterocycles.